The van der Waals surface area contributed by atoms with Gasteiger partial charge < -0.3 is 20.9 Å². The van der Waals surface area contributed by atoms with E-state index >= 15 is 0 Å². The number of likely N-dealkylation sites (tertiary alicyclic amines) is 1. The highest BCUT2D eigenvalue weighted by molar-refractivity contribution is 5.96. The molecule has 1 saturated heterocycles. The average molecular weight is 389 g/mol. The predicted molar refractivity (Wildman–Crippen MR) is 110 cm³/mol. The topological polar surface area (TPSA) is 90.5 Å². The molecule has 0 saturated carbocycles. The van der Waals surface area contributed by atoms with Crippen molar-refractivity contribution in [3.8, 4) is 0 Å². The number of nitrogens with one attached hydrogen (secondary N) is 3. The van der Waals surface area contributed by atoms with Crippen LogP contribution in [0.5, 0.6) is 0 Å². The number of aryl methyl sites for hydroxylation is 1. The monoisotopic (exact) mass is 388 g/mol. The van der Waals surface area contributed by atoms with Crippen LogP contribution in [0.25, 0.3) is 0 Å². The van der Waals surface area contributed by atoms with Crippen molar-refractivity contribution in [2.24, 2.45) is 5.92 Å². The number of urea groups is 1. The zero-order valence-electron chi connectivity index (χ0n) is 17.3. The Kier molecular flexibility index (Phi) is 7.84. The van der Waals surface area contributed by atoms with Gasteiger partial charge in [-0.3, -0.25) is 9.59 Å². The fraction of sp³-hybridized carbons (Fsp3) is 0.571. The van der Waals surface area contributed by atoms with E-state index in [0.29, 0.717) is 17.2 Å². The summed E-state index contributed by atoms with van der Waals surface area (Å²) in [6.07, 6.45) is 2.31. The second-order valence-corrected chi connectivity index (χ2v) is 7.86. The van der Waals surface area contributed by atoms with E-state index in [4.69, 9.17) is 0 Å². The molecule has 7 nitrogen and oxygen atoms in total. The molecule has 1 aliphatic heterocycles. The Morgan fingerprint density at radius 1 is 1.18 bits per heavy atom. The Balaban J connectivity index is 1.85. The number of benzene rings is 1. The summed E-state index contributed by atoms with van der Waals surface area (Å²) in [5.74, 6) is 0.621. The normalized spacial score (nSPS) is 14.7. The summed E-state index contributed by atoms with van der Waals surface area (Å²) >= 11 is 0. The van der Waals surface area contributed by atoms with Crippen LogP contribution in [0.1, 0.15) is 56.0 Å². The van der Waals surface area contributed by atoms with E-state index in [-0.39, 0.29) is 36.9 Å². The minimum atomic E-state index is -0.371. The fourth-order valence-electron chi connectivity index (χ4n) is 3.18. The molecular weight excluding hydrogens is 356 g/mol. The number of piperidine rings is 1. The lowest BCUT2D eigenvalue weighted by atomic mass is 9.98. The number of hydrogen-bond donors (Lipinski definition) is 3. The van der Waals surface area contributed by atoms with Crippen molar-refractivity contribution in [3.63, 3.8) is 0 Å². The number of hydrogen-bond acceptors (Lipinski definition) is 3. The molecule has 0 aromatic heterocycles. The minimum Gasteiger partial charge on any atom is -0.354 e. The van der Waals surface area contributed by atoms with Gasteiger partial charge >= 0.3 is 6.03 Å². The van der Waals surface area contributed by atoms with Gasteiger partial charge in [-0.1, -0.05) is 6.92 Å². The summed E-state index contributed by atoms with van der Waals surface area (Å²) in [7, 11) is 0. The van der Waals surface area contributed by atoms with Gasteiger partial charge in [-0.05, 0) is 63.3 Å². The maximum absolute atomic E-state index is 12.7. The van der Waals surface area contributed by atoms with E-state index < -0.39 is 0 Å². The first-order chi connectivity index (χ1) is 13.3. The van der Waals surface area contributed by atoms with Gasteiger partial charge in [0.15, 0.2) is 0 Å². The van der Waals surface area contributed by atoms with E-state index in [1.807, 2.05) is 31.7 Å². The highest BCUT2D eigenvalue weighted by Gasteiger charge is 2.21. The fourth-order valence-corrected chi connectivity index (χ4v) is 3.18. The van der Waals surface area contributed by atoms with Crippen LogP contribution in [0.4, 0.5) is 10.5 Å². The van der Waals surface area contributed by atoms with Crippen molar-refractivity contribution in [2.75, 3.05) is 25.0 Å². The van der Waals surface area contributed by atoms with Crippen LogP contribution >= 0.6 is 0 Å². The van der Waals surface area contributed by atoms with Crippen molar-refractivity contribution in [1.29, 1.82) is 0 Å². The maximum Gasteiger partial charge on any atom is 0.319 e. The molecule has 0 bridgehead atoms. The second kappa shape index (κ2) is 10.1. The molecule has 1 aliphatic rings. The maximum atomic E-state index is 12.7. The Morgan fingerprint density at radius 2 is 1.86 bits per heavy atom. The van der Waals surface area contributed by atoms with Crippen LogP contribution in [-0.4, -0.2) is 48.4 Å². The first kappa shape index (κ1) is 21.7. The van der Waals surface area contributed by atoms with E-state index in [0.717, 1.165) is 31.5 Å². The first-order valence-corrected chi connectivity index (χ1v) is 10.0. The lowest BCUT2D eigenvalue weighted by Gasteiger charge is -2.30. The molecule has 0 spiro atoms. The van der Waals surface area contributed by atoms with E-state index in [9.17, 15) is 14.4 Å². The lowest BCUT2D eigenvalue weighted by Crippen LogP contribution is -2.38. The Bertz CT molecular complexity index is 710. The van der Waals surface area contributed by atoms with Crippen LogP contribution in [0.3, 0.4) is 0 Å². The van der Waals surface area contributed by atoms with Gasteiger partial charge in [0.2, 0.25) is 5.91 Å². The van der Waals surface area contributed by atoms with Crippen molar-refractivity contribution in [2.45, 2.75) is 53.0 Å². The van der Waals surface area contributed by atoms with Gasteiger partial charge in [0, 0.05) is 43.3 Å². The number of rotatable bonds is 6. The SMILES string of the molecule is Cc1cc(C(=O)N2CCC(C)CC2)ccc1NC(=O)NCCC(=O)NC(C)C. The third-order valence-electron chi connectivity index (χ3n) is 4.88. The Morgan fingerprint density at radius 3 is 2.46 bits per heavy atom. The van der Waals surface area contributed by atoms with Gasteiger partial charge in [-0.25, -0.2) is 4.79 Å². The molecule has 3 N–H and O–H groups in total. The van der Waals surface area contributed by atoms with Crippen molar-refractivity contribution in [1.82, 2.24) is 15.5 Å². The summed E-state index contributed by atoms with van der Waals surface area (Å²) in [5.41, 5.74) is 2.11. The summed E-state index contributed by atoms with van der Waals surface area (Å²) in [6, 6.07) is 5.02. The third kappa shape index (κ3) is 6.55. The van der Waals surface area contributed by atoms with Gasteiger partial charge in [-0.15, -0.1) is 0 Å². The van der Waals surface area contributed by atoms with Crippen LogP contribution in [-0.2, 0) is 4.79 Å². The number of amides is 4. The highest BCUT2D eigenvalue weighted by Crippen LogP contribution is 2.21. The third-order valence-corrected chi connectivity index (χ3v) is 4.88. The molecule has 0 aliphatic carbocycles. The average Bonchev–Trinajstić information content (AvgIpc) is 2.63. The summed E-state index contributed by atoms with van der Waals surface area (Å²) < 4.78 is 0. The predicted octanol–water partition coefficient (Wildman–Crippen LogP) is 2.90. The Hall–Kier alpha value is -2.57. The Labute approximate surface area is 167 Å². The first-order valence-electron chi connectivity index (χ1n) is 10.0. The van der Waals surface area contributed by atoms with E-state index in [2.05, 4.69) is 22.9 Å². The van der Waals surface area contributed by atoms with Gasteiger partial charge in [0.05, 0.1) is 0 Å². The van der Waals surface area contributed by atoms with Crippen molar-refractivity contribution >= 4 is 23.5 Å². The minimum absolute atomic E-state index is 0.0437. The number of anilines is 1. The van der Waals surface area contributed by atoms with Crippen LogP contribution in [0.2, 0.25) is 0 Å². The molecule has 0 atom stereocenters. The summed E-state index contributed by atoms with van der Waals surface area (Å²) in [4.78, 5) is 38.2. The molecular formula is C21H32N4O3. The second-order valence-electron chi connectivity index (χ2n) is 7.86. The van der Waals surface area contributed by atoms with Gasteiger partial charge in [-0.2, -0.15) is 0 Å². The molecule has 0 unspecified atom stereocenters. The lowest BCUT2D eigenvalue weighted by molar-refractivity contribution is -0.121. The quantitative estimate of drug-likeness (QED) is 0.700. The standard InChI is InChI=1S/C21H32N4O3/c1-14(2)23-19(26)7-10-22-21(28)24-18-6-5-17(13-16(18)4)20(27)25-11-8-15(3)9-12-25/h5-6,13-15H,7-12H2,1-4H3,(H,23,26)(H2,22,24,28). The smallest absolute Gasteiger partial charge is 0.319 e. The molecule has 1 fully saturated rings. The van der Waals surface area contributed by atoms with Gasteiger partial charge in [0.1, 0.15) is 0 Å². The summed E-state index contributed by atoms with van der Waals surface area (Å²) in [5, 5.41) is 8.21. The van der Waals surface area contributed by atoms with E-state index in [1.165, 1.54) is 0 Å². The number of carbonyl (C=O) groups is 3. The molecule has 7 heteroatoms. The zero-order chi connectivity index (χ0) is 20.7. The highest BCUT2D eigenvalue weighted by atomic mass is 16.2. The largest absolute Gasteiger partial charge is 0.354 e. The molecule has 0 radical (unpaired) electrons. The number of nitrogens with zero attached hydrogens (tertiary/aromatic N) is 1. The van der Waals surface area contributed by atoms with Crippen molar-refractivity contribution < 1.29 is 14.4 Å². The molecule has 28 heavy (non-hydrogen) atoms. The molecule has 2 rings (SSSR count). The van der Waals surface area contributed by atoms with Gasteiger partial charge in [0.25, 0.3) is 5.91 Å². The van der Waals surface area contributed by atoms with Crippen LogP contribution < -0.4 is 16.0 Å². The molecule has 1 aromatic carbocycles. The molecule has 1 aromatic rings. The molecule has 154 valence electrons. The van der Waals surface area contributed by atoms with Crippen LogP contribution in [0.15, 0.2) is 18.2 Å². The molecule has 4 amide bonds. The van der Waals surface area contributed by atoms with Crippen molar-refractivity contribution in [3.05, 3.63) is 29.3 Å². The van der Waals surface area contributed by atoms with Crippen LogP contribution in [0, 0.1) is 12.8 Å². The summed E-state index contributed by atoms with van der Waals surface area (Å²) in [6.45, 7) is 9.71. The molecule has 1 heterocycles. The van der Waals surface area contributed by atoms with E-state index in [1.54, 1.807) is 12.1 Å². The zero-order valence-corrected chi connectivity index (χ0v) is 17.3. The number of carbonyl (C=O) groups excluding carboxylic acids is 3.